The van der Waals surface area contributed by atoms with Crippen molar-refractivity contribution in [3.8, 4) is 0 Å². The second-order valence-electron chi connectivity index (χ2n) is 5.57. The Kier molecular flexibility index (Phi) is 7.88. The van der Waals surface area contributed by atoms with E-state index in [0.29, 0.717) is 18.7 Å². The molecule has 0 aliphatic rings. The minimum absolute atomic E-state index is 0. The maximum atomic E-state index is 12.2. The smallest absolute Gasteiger partial charge is 0.257 e. The summed E-state index contributed by atoms with van der Waals surface area (Å²) in [5.41, 5.74) is 0.343. The molecular formula is C15H20Cl2N4O4S. The van der Waals surface area contributed by atoms with E-state index in [1.54, 1.807) is 0 Å². The number of aromatic nitrogens is 2. The molecule has 2 aromatic rings. The van der Waals surface area contributed by atoms with Gasteiger partial charge in [-0.1, -0.05) is 11.6 Å². The van der Waals surface area contributed by atoms with E-state index in [1.165, 1.54) is 25.1 Å². The Bertz CT molecular complexity index is 870. The largest absolute Gasteiger partial charge is 1.00 e. The highest BCUT2D eigenvalue weighted by atomic mass is 35.5. The second kappa shape index (κ2) is 9.22. The molecule has 11 heteroatoms. The summed E-state index contributed by atoms with van der Waals surface area (Å²) in [6.07, 6.45) is 5.87. The quantitative estimate of drug-likeness (QED) is 0.421. The third-order valence-electron chi connectivity index (χ3n) is 3.39. The fraction of sp³-hybridized carbons (Fsp3) is 0.333. The van der Waals surface area contributed by atoms with Crippen LogP contribution >= 0.6 is 11.6 Å². The lowest BCUT2D eigenvalue weighted by atomic mass is 10.3. The average Bonchev–Trinajstić information content (AvgIpc) is 2.93. The Labute approximate surface area is 163 Å². The first-order valence-corrected chi connectivity index (χ1v) is 9.48. The van der Waals surface area contributed by atoms with E-state index in [1.807, 2.05) is 34.9 Å². The molecule has 1 heterocycles. The molecular weight excluding hydrogens is 403 g/mol. The minimum Gasteiger partial charge on any atom is -1.00 e. The lowest BCUT2D eigenvalue weighted by molar-refractivity contribution is -0.671. The van der Waals surface area contributed by atoms with E-state index in [9.17, 15) is 18.4 Å². The van der Waals surface area contributed by atoms with Gasteiger partial charge in [-0.25, -0.2) is 17.6 Å². The molecule has 0 fully saturated rings. The van der Waals surface area contributed by atoms with Crippen LogP contribution in [0, 0.1) is 0 Å². The summed E-state index contributed by atoms with van der Waals surface area (Å²) in [7, 11) is -2.03. The molecule has 0 aliphatic heterocycles. The van der Waals surface area contributed by atoms with Crippen molar-refractivity contribution in [1.82, 2.24) is 4.57 Å². The molecule has 0 aliphatic carbocycles. The van der Waals surface area contributed by atoms with Crippen LogP contribution in [-0.4, -0.2) is 29.9 Å². The highest BCUT2D eigenvalue weighted by Crippen LogP contribution is 2.28. The van der Waals surface area contributed by atoms with Crippen LogP contribution in [0.5, 0.6) is 0 Å². The predicted molar refractivity (Wildman–Crippen MR) is 94.0 cm³/mol. The number of benzene rings is 1. The van der Waals surface area contributed by atoms with Crippen LogP contribution in [-0.2, 0) is 28.4 Å². The van der Waals surface area contributed by atoms with Gasteiger partial charge in [-0.3, -0.25) is 10.0 Å². The third kappa shape index (κ3) is 5.87. The number of nitrogens with zero attached hydrogens (tertiary/aromatic N) is 3. The van der Waals surface area contributed by atoms with Crippen LogP contribution in [0.25, 0.3) is 0 Å². The number of halogens is 2. The Hall–Kier alpha value is -1.81. The van der Waals surface area contributed by atoms with E-state index in [-0.39, 0.29) is 39.2 Å². The number of anilines is 2. The van der Waals surface area contributed by atoms with E-state index < -0.39 is 10.0 Å². The van der Waals surface area contributed by atoms with Gasteiger partial charge < -0.3 is 17.7 Å². The van der Waals surface area contributed by atoms with Gasteiger partial charge in [0, 0.05) is 13.3 Å². The molecule has 0 spiro atoms. The van der Waals surface area contributed by atoms with Gasteiger partial charge in [0.25, 0.3) is 10.0 Å². The lowest BCUT2D eigenvalue weighted by Crippen LogP contribution is -3.00. The number of aryl methyl sites for hydroxylation is 2. The fourth-order valence-electron chi connectivity index (χ4n) is 2.22. The van der Waals surface area contributed by atoms with Crippen LogP contribution in [0.2, 0.25) is 5.02 Å². The molecule has 1 aromatic carbocycles. The Morgan fingerprint density at radius 1 is 1.42 bits per heavy atom. The number of amides is 1. The summed E-state index contributed by atoms with van der Waals surface area (Å²) in [5, 5.41) is 12.7. The first-order valence-electron chi connectivity index (χ1n) is 7.49. The summed E-state index contributed by atoms with van der Waals surface area (Å²) in [5.74, 6) is -0.530. The minimum atomic E-state index is -3.91. The zero-order chi connectivity index (χ0) is 18.6. The van der Waals surface area contributed by atoms with Crippen LogP contribution in [0.4, 0.5) is 11.4 Å². The third-order valence-corrected chi connectivity index (χ3v) is 5.25. The zero-order valence-electron chi connectivity index (χ0n) is 14.3. The molecule has 144 valence electrons. The van der Waals surface area contributed by atoms with Crippen LogP contribution in [0.15, 0.2) is 36.9 Å². The Balaban J connectivity index is 0.00000338. The number of rotatable bonds is 7. The standard InChI is InChI=1S/C15H19ClN4O4S.ClH/c1-12(21)17-15-5-4-13(10-14(15)16)20(22)25(23,24)9-3-6-19-8-7-18(2)11-19;/h4-5,7-8,10-11,22H,3,6,9H2,1-2H3;1H. The first-order chi connectivity index (χ1) is 11.7. The lowest BCUT2D eigenvalue weighted by Gasteiger charge is -2.18. The van der Waals surface area contributed by atoms with Gasteiger partial charge in [-0.05, 0) is 18.2 Å². The number of carbonyl (C=O) groups excluding carboxylic acids is 1. The van der Waals surface area contributed by atoms with Crippen molar-refractivity contribution in [3.05, 3.63) is 41.9 Å². The van der Waals surface area contributed by atoms with Crippen LogP contribution < -0.4 is 26.8 Å². The number of nitrogens with one attached hydrogen (secondary N) is 1. The van der Waals surface area contributed by atoms with Gasteiger partial charge >= 0.3 is 0 Å². The normalized spacial score (nSPS) is 10.9. The summed E-state index contributed by atoms with van der Waals surface area (Å²) in [6.45, 7) is 1.84. The van der Waals surface area contributed by atoms with Crippen molar-refractivity contribution < 1.29 is 35.4 Å². The molecule has 0 atom stereocenters. The molecule has 1 aromatic heterocycles. The van der Waals surface area contributed by atoms with Gasteiger partial charge in [0.2, 0.25) is 12.2 Å². The van der Waals surface area contributed by atoms with E-state index in [0.717, 1.165) is 0 Å². The monoisotopic (exact) mass is 422 g/mol. The van der Waals surface area contributed by atoms with Crippen LogP contribution in [0.1, 0.15) is 13.3 Å². The molecule has 0 saturated carbocycles. The predicted octanol–water partition coefficient (Wildman–Crippen LogP) is -1.46. The molecule has 1 amide bonds. The number of hydrogen-bond donors (Lipinski definition) is 2. The molecule has 0 radical (unpaired) electrons. The van der Waals surface area contributed by atoms with E-state index >= 15 is 0 Å². The zero-order valence-corrected chi connectivity index (χ0v) is 16.6. The number of imidazole rings is 1. The van der Waals surface area contributed by atoms with Crippen molar-refractivity contribution >= 4 is 38.9 Å². The summed E-state index contributed by atoms with van der Waals surface area (Å²) < 4.78 is 28.4. The molecule has 0 saturated heterocycles. The maximum absolute atomic E-state index is 12.2. The van der Waals surface area contributed by atoms with Gasteiger partial charge in [-0.15, -0.1) is 4.47 Å². The topological polar surface area (TPSA) is 95.5 Å². The molecule has 26 heavy (non-hydrogen) atoms. The van der Waals surface area contributed by atoms with Crippen molar-refractivity contribution in [3.63, 3.8) is 0 Å². The van der Waals surface area contributed by atoms with Crippen molar-refractivity contribution in [2.24, 2.45) is 7.05 Å². The highest BCUT2D eigenvalue weighted by molar-refractivity contribution is 7.92. The fourth-order valence-corrected chi connectivity index (χ4v) is 3.55. The first kappa shape index (κ1) is 22.2. The van der Waals surface area contributed by atoms with Crippen LogP contribution in [0.3, 0.4) is 0 Å². The Morgan fingerprint density at radius 2 is 2.12 bits per heavy atom. The SMILES string of the molecule is CC(=O)Nc1ccc(N(O)S(=O)(=O)CCCn2cc[n+](C)c2)cc1Cl.[Cl-]. The average molecular weight is 423 g/mol. The molecule has 8 nitrogen and oxygen atoms in total. The number of hydrogen-bond acceptors (Lipinski definition) is 4. The maximum Gasteiger partial charge on any atom is 0.257 e. The van der Waals surface area contributed by atoms with Gasteiger partial charge in [0.15, 0.2) is 0 Å². The van der Waals surface area contributed by atoms with E-state index in [4.69, 9.17) is 11.6 Å². The number of sulfonamides is 1. The van der Waals surface area contributed by atoms with Gasteiger partial charge in [0.1, 0.15) is 12.4 Å². The molecule has 2 rings (SSSR count). The van der Waals surface area contributed by atoms with E-state index in [2.05, 4.69) is 5.32 Å². The van der Waals surface area contributed by atoms with Crippen molar-refractivity contribution in [2.75, 3.05) is 15.5 Å². The Morgan fingerprint density at radius 3 is 2.65 bits per heavy atom. The van der Waals surface area contributed by atoms with Crippen molar-refractivity contribution in [1.29, 1.82) is 0 Å². The van der Waals surface area contributed by atoms with Crippen molar-refractivity contribution in [2.45, 2.75) is 19.9 Å². The summed E-state index contributed by atoms with van der Waals surface area (Å²) in [6, 6.07) is 4.06. The molecule has 0 unspecified atom stereocenters. The van der Waals surface area contributed by atoms with Gasteiger partial charge in [0.05, 0.1) is 35.7 Å². The highest BCUT2D eigenvalue weighted by Gasteiger charge is 2.22. The second-order valence-corrected chi connectivity index (χ2v) is 7.90. The molecule has 0 bridgehead atoms. The van der Waals surface area contributed by atoms with Gasteiger partial charge in [-0.2, -0.15) is 0 Å². The molecule has 2 N–H and O–H groups in total. The summed E-state index contributed by atoms with van der Waals surface area (Å²) >= 11 is 6.00. The summed E-state index contributed by atoms with van der Waals surface area (Å²) in [4.78, 5) is 11.1. The number of carbonyl (C=O) groups is 1.